The molecule has 0 spiro atoms. The van der Waals surface area contributed by atoms with Crippen molar-refractivity contribution in [3.05, 3.63) is 84.2 Å². The van der Waals surface area contributed by atoms with Crippen LogP contribution in [-0.4, -0.2) is 38.8 Å². The molecule has 5 heteroatoms. The van der Waals surface area contributed by atoms with Gasteiger partial charge in [-0.1, -0.05) is 42.5 Å². The maximum Gasteiger partial charge on any atom is 0.120 e. The largest absolute Gasteiger partial charge is 0.491 e. The van der Waals surface area contributed by atoms with Gasteiger partial charge in [0.25, 0.3) is 0 Å². The number of rotatable bonds is 6. The van der Waals surface area contributed by atoms with Crippen LogP contribution in [0.1, 0.15) is 11.1 Å². The summed E-state index contributed by atoms with van der Waals surface area (Å²) in [7, 11) is 2.00. The van der Waals surface area contributed by atoms with Gasteiger partial charge in [0.05, 0.1) is 17.4 Å². The van der Waals surface area contributed by atoms with Crippen molar-refractivity contribution < 1.29 is 9.84 Å². The maximum absolute atomic E-state index is 10.5. The van der Waals surface area contributed by atoms with E-state index in [-0.39, 0.29) is 6.61 Å². The van der Waals surface area contributed by atoms with Gasteiger partial charge in [-0.2, -0.15) is 0 Å². The zero-order valence-corrected chi connectivity index (χ0v) is 17.0. The number of ether oxygens (including phenoxy) is 1. The fraction of sp³-hybridized carbons (Fsp3) is 0.240. The Morgan fingerprint density at radius 3 is 2.53 bits per heavy atom. The quantitative estimate of drug-likeness (QED) is 0.533. The van der Waals surface area contributed by atoms with E-state index < -0.39 is 6.10 Å². The molecule has 0 bridgehead atoms. The SMILES string of the molecule is Cn1cnc2ccc(-c3cccc(OCC(O)CN4Cc5ccccc5C4)c3)cc21. The van der Waals surface area contributed by atoms with Crippen molar-refractivity contribution in [3.63, 3.8) is 0 Å². The van der Waals surface area contributed by atoms with Crippen molar-refractivity contribution in [1.29, 1.82) is 0 Å². The molecule has 3 aromatic carbocycles. The first-order valence-electron chi connectivity index (χ1n) is 10.3. The van der Waals surface area contributed by atoms with E-state index in [2.05, 4.69) is 52.3 Å². The number of imidazole rings is 1. The van der Waals surface area contributed by atoms with Gasteiger partial charge in [0, 0.05) is 26.7 Å². The van der Waals surface area contributed by atoms with Gasteiger partial charge in [0.15, 0.2) is 0 Å². The normalized spacial score (nSPS) is 14.7. The first-order chi connectivity index (χ1) is 14.7. The third kappa shape index (κ3) is 3.82. The number of β-amino-alcohol motifs (C(OH)–C–C–N with tert-alkyl or cyclic N) is 1. The minimum atomic E-state index is -0.534. The van der Waals surface area contributed by atoms with Gasteiger partial charge in [0.1, 0.15) is 18.5 Å². The minimum Gasteiger partial charge on any atom is -0.491 e. The second kappa shape index (κ2) is 7.94. The number of hydrogen-bond acceptors (Lipinski definition) is 4. The fourth-order valence-corrected chi connectivity index (χ4v) is 4.15. The molecule has 0 saturated carbocycles. The second-order valence-corrected chi connectivity index (χ2v) is 7.99. The monoisotopic (exact) mass is 399 g/mol. The highest BCUT2D eigenvalue weighted by Gasteiger charge is 2.20. The molecule has 1 aromatic heterocycles. The van der Waals surface area contributed by atoms with Crippen LogP contribution in [0.4, 0.5) is 0 Å². The number of nitrogens with zero attached hydrogens (tertiary/aromatic N) is 3. The molecule has 1 aliphatic heterocycles. The Bertz CT molecular complexity index is 1160. The number of benzene rings is 3. The Hall–Kier alpha value is -3.15. The molecule has 0 amide bonds. The smallest absolute Gasteiger partial charge is 0.120 e. The summed E-state index contributed by atoms with van der Waals surface area (Å²) in [4.78, 5) is 6.64. The summed E-state index contributed by atoms with van der Waals surface area (Å²) in [5.41, 5.74) is 6.99. The van der Waals surface area contributed by atoms with Crippen LogP contribution in [0.25, 0.3) is 22.2 Å². The topological polar surface area (TPSA) is 50.5 Å². The predicted molar refractivity (Wildman–Crippen MR) is 118 cm³/mol. The van der Waals surface area contributed by atoms with Crippen LogP contribution in [0.3, 0.4) is 0 Å². The number of aromatic nitrogens is 2. The molecular formula is C25H25N3O2. The van der Waals surface area contributed by atoms with Gasteiger partial charge < -0.3 is 14.4 Å². The van der Waals surface area contributed by atoms with Crippen molar-refractivity contribution in [2.24, 2.45) is 7.05 Å². The molecular weight excluding hydrogens is 374 g/mol. The molecule has 2 heterocycles. The molecule has 1 N–H and O–H groups in total. The van der Waals surface area contributed by atoms with Crippen LogP contribution in [-0.2, 0) is 20.1 Å². The lowest BCUT2D eigenvalue weighted by molar-refractivity contribution is 0.0673. The number of aryl methyl sites for hydroxylation is 1. The number of aliphatic hydroxyl groups is 1. The highest BCUT2D eigenvalue weighted by molar-refractivity contribution is 5.82. The molecule has 1 atom stereocenters. The summed E-state index contributed by atoms with van der Waals surface area (Å²) in [5.74, 6) is 0.765. The van der Waals surface area contributed by atoms with E-state index in [0.717, 1.165) is 41.0 Å². The maximum atomic E-state index is 10.5. The first kappa shape index (κ1) is 18.9. The third-order valence-electron chi connectivity index (χ3n) is 5.71. The molecule has 0 fully saturated rings. The fourth-order valence-electron chi connectivity index (χ4n) is 4.15. The molecule has 4 aromatic rings. The summed E-state index contributed by atoms with van der Waals surface area (Å²) in [5, 5.41) is 10.5. The summed E-state index contributed by atoms with van der Waals surface area (Å²) >= 11 is 0. The summed E-state index contributed by atoms with van der Waals surface area (Å²) in [6, 6.07) is 22.7. The zero-order chi connectivity index (χ0) is 20.5. The van der Waals surface area contributed by atoms with Gasteiger partial charge in [0.2, 0.25) is 0 Å². The summed E-state index contributed by atoms with van der Waals surface area (Å²) < 4.78 is 7.94. The Balaban J connectivity index is 1.22. The van der Waals surface area contributed by atoms with Gasteiger partial charge in [-0.25, -0.2) is 4.98 Å². The van der Waals surface area contributed by atoms with E-state index in [4.69, 9.17) is 4.74 Å². The minimum absolute atomic E-state index is 0.275. The van der Waals surface area contributed by atoms with Gasteiger partial charge >= 0.3 is 0 Å². The molecule has 0 saturated heterocycles. The van der Waals surface area contributed by atoms with E-state index in [1.54, 1.807) is 0 Å². The van der Waals surface area contributed by atoms with E-state index in [9.17, 15) is 5.11 Å². The van der Waals surface area contributed by atoms with Gasteiger partial charge in [-0.3, -0.25) is 4.90 Å². The molecule has 0 radical (unpaired) electrons. The van der Waals surface area contributed by atoms with Crippen molar-refractivity contribution in [3.8, 4) is 16.9 Å². The van der Waals surface area contributed by atoms with Crippen molar-refractivity contribution >= 4 is 11.0 Å². The number of hydrogen-bond donors (Lipinski definition) is 1. The molecule has 1 unspecified atom stereocenters. The molecule has 5 nitrogen and oxygen atoms in total. The second-order valence-electron chi connectivity index (χ2n) is 7.99. The average Bonchev–Trinajstić information content (AvgIpc) is 3.35. The Morgan fingerprint density at radius 1 is 0.967 bits per heavy atom. The molecule has 1 aliphatic rings. The molecule has 0 aliphatic carbocycles. The summed E-state index contributed by atoms with van der Waals surface area (Å²) in [6.45, 7) is 2.65. The van der Waals surface area contributed by atoms with Crippen LogP contribution < -0.4 is 4.74 Å². The molecule has 30 heavy (non-hydrogen) atoms. The van der Waals surface area contributed by atoms with Gasteiger partial charge in [-0.05, 0) is 46.5 Å². The highest BCUT2D eigenvalue weighted by atomic mass is 16.5. The lowest BCUT2D eigenvalue weighted by Gasteiger charge is -2.20. The molecule has 5 rings (SSSR count). The zero-order valence-electron chi connectivity index (χ0n) is 17.0. The predicted octanol–water partition coefficient (Wildman–Crippen LogP) is 4.00. The van der Waals surface area contributed by atoms with Crippen LogP contribution in [0.5, 0.6) is 5.75 Å². The summed E-state index contributed by atoms with van der Waals surface area (Å²) in [6.07, 6.45) is 1.29. The van der Waals surface area contributed by atoms with E-state index in [0.29, 0.717) is 6.54 Å². The number of fused-ring (bicyclic) bond motifs is 2. The van der Waals surface area contributed by atoms with Crippen molar-refractivity contribution in [2.75, 3.05) is 13.2 Å². The van der Waals surface area contributed by atoms with Crippen molar-refractivity contribution in [2.45, 2.75) is 19.2 Å². The standard InChI is InChI=1S/C25H25N3O2/c1-27-17-26-24-10-9-19(12-25(24)27)18-7-4-8-23(11-18)30-16-22(29)15-28-13-20-5-2-3-6-21(20)14-28/h2-12,17,22,29H,13-16H2,1H3. The van der Waals surface area contributed by atoms with Crippen LogP contribution >= 0.6 is 0 Å². The van der Waals surface area contributed by atoms with Crippen molar-refractivity contribution in [1.82, 2.24) is 14.5 Å². The van der Waals surface area contributed by atoms with E-state index >= 15 is 0 Å². The van der Waals surface area contributed by atoms with Crippen LogP contribution in [0.2, 0.25) is 0 Å². The first-order valence-corrected chi connectivity index (χ1v) is 10.3. The van der Waals surface area contributed by atoms with Crippen LogP contribution in [0, 0.1) is 0 Å². The Labute approximate surface area is 176 Å². The van der Waals surface area contributed by atoms with E-state index in [1.165, 1.54) is 11.1 Å². The van der Waals surface area contributed by atoms with Gasteiger partial charge in [-0.15, -0.1) is 0 Å². The van der Waals surface area contributed by atoms with E-state index in [1.807, 2.05) is 42.2 Å². The molecule has 152 valence electrons. The lowest BCUT2D eigenvalue weighted by Crippen LogP contribution is -2.32. The highest BCUT2D eigenvalue weighted by Crippen LogP contribution is 2.27. The Morgan fingerprint density at radius 2 is 1.73 bits per heavy atom. The average molecular weight is 399 g/mol. The third-order valence-corrected chi connectivity index (χ3v) is 5.71. The lowest BCUT2D eigenvalue weighted by atomic mass is 10.0. The number of aliphatic hydroxyl groups excluding tert-OH is 1. The Kier molecular flexibility index (Phi) is 4.99. The van der Waals surface area contributed by atoms with Crippen LogP contribution in [0.15, 0.2) is 73.1 Å².